The van der Waals surface area contributed by atoms with E-state index < -0.39 is 258 Å². The van der Waals surface area contributed by atoms with Gasteiger partial charge in [-0.2, -0.15) is 0 Å². The third-order valence-electron chi connectivity index (χ3n) is 25.3. The van der Waals surface area contributed by atoms with Crippen LogP contribution < -0.4 is 57.7 Å². The zero-order valence-electron chi connectivity index (χ0n) is 105. The summed E-state index contributed by atoms with van der Waals surface area (Å²) in [5.74, 6) is 0. The van der Waals surface area contributed by atoms with E-state index >= 15 is 0 Å². The lowest BCUT2D eigenvalue weighted by Gasteiger charge is -2.47. The Bertz CT molecular complexity index is 9210. The fraction of sp³-hybridized carbons (Fsp3) is 0.100. The summed E-state index contributed by atoms with van der Waals surface area (Å²) >= 11 is 0. The fourth-order valence-electron chi connectivity index (χ4n) is 19.8. The van der Waals surface area contributed by atoms with Crippen molar-refractivity contribution in [1.29, 1.82) is 0 Å². The summed E-state index contributed by atoms with van der Waals surface area (Å²) in [7, 11) is 0. The molecule has 0 atom stereocenters. The van der Waals surface area contributed by atoms with Crippen molar-refractivity contribution in [2.45, 2.75) is 83.1 Å². The second-order valence-corrected chi connectivity index (χ2v) is 33.2. The largest absolute Gasteiger partial charge is 0.356 e. The molecule has 0 amide bonds. The first-order valence-corrected chi connectivity index (χ1v) is 42.1. The minimum absolute atomic E-state index is 0.00777. The molecule has 0 aromatic heterocycles. The summed E-state index contributed by atoms with van der Waals surface area (Å²) in [6.45, 7) is 17.8. The smallest absolute Gasteiger partial charge is 0.252 e. The first-order chi connectivity index (χ1) is 75.7. The SMILES string of the molecule is [2H]c1c([2H])c([2H])c(-c2cccc(-c3c([2H])c([2H])c([2H])c([2H])c3[2H])c2N2c3cc4c(cc3B3c5c2cc(-c2c(C)cccc2C)cc5N(c2c([2H])c([2H])c(-c5c(C)cccc5C)c([2H])c2[2H])c2c([2H])c([2H])c(-c5c(C)cccc5C)c([2H])c23)B2c3c(cc(N(c5c([2H])c([2H])c(-c6c(C)cccc6C)c([2H])c5[2H])c5c([2H])c([2H])c(-c6c(C)cccc6C)c([2H])c5[2H])cc3N(c3c([2H])c([2H])c([2H])c([2H])c3[2H])c3c([2H])c([2H])c(-c5c(C)cccc5C)c([2H])c32)N4)c([2H])c1[2H]. The van der Waals surface area contributed by atoms with Crippen molar-refractivity contribution < 1.29 is 45.2 Å². The van der Waals surface area contributed by atoms with Crippen molar-refractivity contribution in [3.63, 3.8) is 0 Å². The number of anilines is 14. The van der Waals surface area contributed by atoms with Gasteiger partial charge in [-0.25, -0.2) is 0 Å². The Balaban J connectivity index is 0.988. The summed E-state index contributed by atoms with van der Waals surface area (Å²) in [4.78, 5) is 5.12. The molecule has 7 heteroatoms. The second-order valence-electron chi connectivity index (χ2n) is 33.2. The van der Waals surface area contributed by atoms with E-state index in [4.69, 9.17) is 0 Å². The zero-order valence-corrected chi connectivity index (χ0v) is 71.5. The summed E-state index contributed by atoms with van der Waals surface area (Å²) < 4.78 is 342. The number of hydrogen-bond donors (Lipinski definition) is 1. The van der Waals surface area contributed by atoms with Crippen molar-refractivity contribution in [1.82, 2.24) is 0 Å². The number of fused-ring (bicyclic) bond motifs is 8. The molecule has 4 aliphatic heterocycles. The maximum Gasteiger partial charge on any atom is 0.252 e. The van der Waals surface area contributed by atoms with Crippen molar-refractivity contribution in [2.75, 3.05) is 24.9 Å². The van der Waals surface area contributed by atoms with Crippen LogP contribution >= 0.6 is 0 Å². The molecule has 0 saturated carbocycles. The minimum atomic E-state index is -1.73. The Kier molecular flexibility index (Phi) is 12.3. The van der Waals surface area contributed by atoms with E-state index in [1.54, 1.807) is 189 Å². The number of benzene rings is 18. The fourth-order valence-corrected chi connectivity index (χ4v) is 19.8. The number of rotatable bonds is 14. The van der Waals surface area contributed by atoms with Gasteiger partial charge in [-0.15, -0.1) is 0 Å². The van der Waals surface area contributed by atoms with Gasteiger partial charge in [0.2, 0.25) is 0 Å². The van der Waals surface area contributed by atoms with Crippen molar-refractivity contribution >= 4 is 126 Å². The molecule has 0 radical (unpaired) electrons. The van der Waals surface area contributed by atoms with Crippen molar-refractivity contribution in [3.8, 4) is 89.0 Å². The molecule has 0 bridgehead atoms. The average Bonchev–Trinajstić information content (AvgIpc) is 0.670. The van der Waals surface area contributed by atoms with Gasteiger partial charge < -0.3 is 24.9 Å². The lowest BCUT2D eigenvalue weighted by Crippen LogP contribution is -2.64. The number of nitrogens with zero attached hydrogens (tertiary/aromatic N) is 4. The molecule has 4 heterocycles. The number of para-hydroxylation sites is 2. The van der Waals surface area contributed by atoms with Crippen LogP contribution in [0.25, 0.3) is 89.0 Å². The van der Waals surface area contributed by atoms with Gasteiger partial charge in [-0.3, -0.25) is 0 Å². The van der Waals surface area contributed by atoms with Gasteiger partial charge in [-0.05, 0) is 351 Å². The van der Waals surface area contributed by atoms with Gasteiger partial charge >= 0.3 is 0 Å². The van der Waals surface area contributed by atoms with Gasteiger partial charge in [0, 0.05) is 79.4 Å². The standard InChI is InChI=1S/C120H97B2N5/c1-73-29-22-30-74(2)112(73)87-49-57-94(58-50-87)124(95-59-51-88(52-60-95)113-75(3)31-23-32-76(113)4)97-69-105-118-111(70-97)125(93-45-20-15-21-46-93)106-63-55-90(115-79(7)35-25-36-80(115)8)65-101(106)121(118)100-71-103-108(72-104(100)123-105)127(120-98(85-41-16-13-17-42-85)47-28-48-99(120)86-43-18-14-19-44-86)110-68-92(117-83(11)39-27-40-84(117)12)67-109-119(110)122(103)102-66-91(116-81(9)37-26-38-82(116)10)56-64-107(102)126(109)96-61-53-89(54-62-96)114-77(5)33-24-34-78(114)6/h13-72,123H,1-12H3/i13D,14D,15D,16D,17D,18D,19D,20D,21D,41D,42D,43D,44D,45D,46D,49D,50D,51D,52D,53D,54D,55D,56D,57D,58D,59D,60D,61D,62D,63D,64D,65D,66D. The normalized spacial score (nSPS) is 16.2. The zero-order chi connectivity index (χ0) is 115. The second kappa shape index (κ2) is 31.1. The molecule has 18 aromatic rings. The van der Waals surface area contributed by atoms with Crippen LogP contribution in [0.2, 0.25) is 0 Å². The molecule has 0 unspecified atom stereocenters. The Morgan fingerprint density at radius 2 is 0.583 bits per heavy atom. The van der Waals surface area contributed by atoms with Crippen LogP contribution in [0.5, 0.6) is 0 Å². The predicted octanol–water partition coefficient (Wildman–Crippen LogP) is 28.6. The summed E-state index contributed by atoms with van der Waals surface area (Å²) in [5, 5.41) is 3.74. The molecule has 4 aliphatic rings. The van der Waals surface area contributed by atoms with Crippen LogP contribution in [0.15, 0.2) is 363 Å². The van der Waals surface area contributed by atoms with Crippen molar-refractivity contribution in [2.24, 2.45) is 0 Å². The molecule has 18 aromatic carbocycles. The molecule has 22 rings (SSSR count). The first-order valence-electron chi connectivity index (χ1n) is 58.6. The highest BCUT2D eigenvalue weighted by atomic mass is 15.2. The van der Waals surface area contributed by atoms with Crippen LogP contribution in [0.1, 0.15) is 112 Å². The van der Waals surface area contributed by atoms with E-state index in [2.05, 4.69) is 5.32 Å². The van der Waals surface area contributed by atoms with Crippen molar-refractivity contribution in [3.05, 3.63) is 430 Å². The van der Waals surface area contributed by atoms with Crippen LogP contribution in [0, 0.1) is 83.1 Å². The summed E-state index contributed by atoms with van der Waals surface area (Å²) in [6.07, 6.45) is 0. The highest BCUT2D eigenvalue weighted by Gasteiger charge is 2.49. The quantitative estimate of drug-likeness (QED) is 0.109. The van der Waals surface area contributed by atoms with E-state index in [1.807, 2.05) is 32.0 Å². The maximum atomic E-state index is 11.8. The maximum absolute atomic E-state index is 11.8. The highest BCUT2D eigenvalue weighted by molar-refractivity contribution is 7.03. The van der Waals surface area contributed by atoms with E-state index in [0.717, 1.165) is 9.80 Å². The van der Waals surface area contributed by atoms with Crippen LogP contribution in [0.4, 0.5) is 79.6 Å². The molecular formula is C120H97B2N5. The Morgan fingerprint density at radius 1 is 0.244 bits per heavy atom. The third-order valence-corrected chi connectivity index (χ3v) is 25.3. The molecular weight excluding hydrogens is 1530 g/mol. The highest BCUT2D eigenvalue weighted by Crippen LogP contribution is 2.55. The lowest BCUT2D eigenvalue weighted by atomic mass is 9.30. The number of nitrogens with one attached hydrogen (secondary N) is 1. The topological polar surface area (TPSA) is 25.0 Å². The van der Waals surface area contributed by atoms with Crippen LogP contribution in [0.3, 0.4) is 0 Å². The minimum Gasteiger partial charge on any atom is -0.356 e. The predicted molar refractivity (Wildman–Crippen MR) is 545 cm³/mol. The Morgan fingerprint density at radius 3 is 1.00 bits per heavy atom. The monoisotopic (exact) mass is 1660 g/mol. The molecule has 608 valence electrons. The molecule has 127 heavy (non-hydrogen) atoms. The van der Waals surface area contributed by atoms with Crippen LogP contribution in [-0.4, -0.2) is 13.4 Å². The lowest BCUT2D eigenvalue weighted by molar-refractivity contribution is 1.25. The van der Waals surface area contributed by atoms with Gasteiger partial charge in [0.05, 0.1) is 56.6 Å². The Labute approximate surface area is 794 Å². The van der Waals surface area contributed by atoms with E-state index in [1.165, 1.54) is 35.2 Å². The number of aryl methyl sites for hydroxylation is 12. The third kappa shape index (κ3) is 13.0. The molecule has 0 saturated heterocycles. The molecule has 0 aliphatic carbocycles. The van der Waals surface area contributed by atoms with E-state index in [9.17, 15) is 45.2 Å². The summed E-state index contributed by atoms with van der Waals surface area (Å²) in [6, 6.07) is 20.9. The number of hydrogen-bond acceptors (Lipinski definition) is 5. The van der Waals surface area contributed by atoms with Crippen LogP contribution in [-0.2, 0) is 0 Å². The van der Waals surface area contributed by atoms with E-state index in [-0.39, 0.29) is 123 Å². The molecule has 5 nitrogen and oxygen atoms in total. The molecule has 0 fully saturated rings. The van der Waals surface area contributed by atoms with Gasteiger partial charge in [-0.1, -0.05) is 272 Å². The van der Waals surface area contributed by atoms with Gasteiger partial charge in [0.15, 0.2) is 0 Å². The average molecular weight is 1660 g/mol. The molecule has 1 N–H and O–H groups in total. The van der Waals surface area contributed by atoms with Gasteiger partial charge in [0.1, 0.15) is 0 Å². The first kappa shape index (κ1) is 50.1. The summed E-state index contributed by atoms with van der Waals surface area (Å²) in [5.41, 5.74) is 1.54. The Hall–Kier alpha value is -14.9. The van der Waals surface area contributed by atoms with E-state index in [0.29, 0.717) is 100 Å². The van der Waals surface area contributed by atoms with Gasteiger partial charge in [0.25, 0.3) is 13.4 Å². The molecule has 0 spiro atoms.